The van der Waals surface area contributed by atoms with Gasteiger partial charge in [0, 0.05) is 0 Å². The van der Waals surface area contributed by atoms with Crippen molar-refractivity contribution < 1.29 is 13.9 Å². The van der Waals surface area contributed by atoms with Gasteiger partial charge >= 0.3 is 5.97 Å². The summed E-state index contributed by atoms with van der Waals surface area (Å²) in [7, 11) is 0. The normalized spacial score (nSPS) is 9.69. The minimum Gasteiger partial charge on any atom is -0.461 e. The summed E-state index contributed by atoms with van der Waals surface area (Å²) in [6.45, 7) is 0.0920. The molecular weight excluding hydrogens is 195 g/mol. The van der Waals surface area contributed by atoms with Gasteiger partial charge < -0.3 is 4.74 Å². The van der Waals surface area contributed by atoms with E-state index in [1.165, 1.54) is 18.2 Å². The second-order valence-corrected chi connectivity index (χ2v) is 2.68. The Labute approximate surface area is 80.3 Å². The highest BCUT2D eigenvalue weighted by Crippen LogP contribution is 2.07. The lowest BCUT2D eigenvalue weighted by Crippen LogP contribution is -2.08. The largest absolute Gasteiger partial charge is 0.461 e. The molecule has 0 atom stereocenters. The highest BCUT2D eigenvalue weighted by Gasteiger charge is 2.10. The number of benzene rings is 1. The van der Waals surface area contributed by atoms with Crippen LogP contribution in [0, 0.1) is 5.82 Å². The van der Waals surface area contributed by atoms with E-state index in [-0.39, 0.29) is 18.1 Å². The number of halogens is 2. The Hall–Kier alpha value is -1.09. The van der Waals surface area contributed by atoms with Gasteiger partial charge in [0.1, 0.15) is 12.4 Å². The van der Waals surface area contributed by atoms with Gasteiger partial charge in [-0.2, -0.15) is 0 Å². The van der Waals surface area contributed by atoms with Gasteiger partial charge in [0.25, 0.3) is 0 Å². The minimum atomic E-state index is -0.682. The number of alkyl halides is 1. The van der Waals surface area contributed by atoms with Gasteiger partial charge in [0.2, 0.25) is 0 Å². The van der Waals surface area contributed by atoms with Crippen LogP contribution in [0.25, 0.3) is 0 Å². The Kier molecular flexibility index (Phi) is 3.71. The number of hydrogen-bond acceptors (Lipinski definition) is 2. The summed E-state index contributed by atoms with van der Waals surface area (Å²) in [5.41, 5.74) is -0.0624. The summed E-state index contributed by atoms with van der Waals surface area (Å²) < 4.78 is 17.6. The predicted molar refractivity (Wildman–Crippen MR) is 47.4 cm³/mol. The van der Waals surface area contributed by atoms with Crippen LogP contribution in [-0.2, 0) is 4.74 Å². The molecule has 0 radical (unpaired) electrons. The summed E-state index contributed by atoms with van der Waals surface area (Å²) in [5.74, 6) is -1.05. The van der Waals surface area contributed by atoms with Crippen LogP contribution in [0.3, 0.4) is 0 Å². The molecule has 1 rings (SSSR count). The van der Waals surface area contributed by atoms with E-state index in [4.69, 9.17) is 11.6 Å². The molecule has 0 spiro atoms. The van der Waals surface area contributed by atoms with Gasteiger partial charge in [0.05, 0.1) is 11.4 Å². The van der Waals surface area contributed by atoms with Gasteiger partial charge in [-0.3, -0.25) is 0 Å². The van der Waals surface area contributed by atoms with Crippen molar-refractivity contribution in [3.05, 3.63) is 35.6 Å². The van der Waals surface area contributed by atoms with Gasteiger partial charge in [-0.05, 0) is 12.1 Å². The standard InChI is InChI=1S/C9H8ClFO2/c10-5-6-13-9(12)7-3-1-2-4-8(7)11/h1-4H,5-6H2. The lowest BCUT2D eigenvalue weighted by Gasteiger charge is -2.02. The third-order valence-corrected chi connectivity index (χ3v) is 1.56. The lowest BCUT2D eigenvalue weighted by atomic mass is 10.2. The Morgan fingerprint density at radius 1 is 1.46 bits per heavy atom. The van der Waals surface area contributed by atoms with E-state index in [1.807, 2.05) is 0 Å². The fourth-order valence-corrected chi connectivity index (χ4v) is 0.913. The Morgan fingerprint density at radius 2 is 2.15 bits per heavy atom. The SMILES string of the molecule is O=C(OCCCl)c1ccccc1F. The number of hydrogen-bond donors (Lipinski definition) is 0. The summed E-state index contributed by atoms with van der Waals surface area (Å²) in [4.78, 5) is 11.1. The van der Waals surface area contributed by atoms with E-state index in [0.29, 0.717) is 0 Å². The highest BCUT2D eigenvalue weighted by molar-refractivity contribution is 6.18. The lowest BCUT2D eigenvalue weighted by molar-refractivity contribution is 0.0524. The van der Waals surface area contributed by atoms with Crippen LogP contribution < -0.4 is 0 Å². The number of ether oxygens (including phenoxy) is 1. The second-order valence-electron chi connectivity index (χ2n) is 2.30. The third-order valence-electron chi connectivity index (χ3n) is 1.40. The van der Waals surface area contributed by atoms with Crippen LogP contribution in [0.15, 0.2) is 24.3 Å². The van der Waals surface area contributed by atoms with E-state index in [1.54, 1.807) is 6.07 Å². The molecule has 13 heavy (non-hydrogen) atoms. The summed E-state index contributed by atoms with van der Waals surface area (Å²) in [6.07, 6.45) is 0. The highest BCUT2D eigenvalue weighted by atomic mass is 35.5. The van der Waals surface area contributed by atoms with Crippen LogP contribution in [0.1, 0.15) is 10.4 Å². The molecule has 1 aromatic carbocycles. The van der Waals surface area contributed by atoms with Gasteiger partial charge in [-0.25, -0.2) is 9.18 Å². The van der Waals surface area contributed by atoms with Crippen molar-refractivity contribution in [3.8, 4) is 0 Å². The number of rotatable bonds is 3. The van der Waals surface area contributed by atoms with Gasteiger partial charge in [-0.1, -0.05) is 12.1 Å². The second kappa shape index (κ2) is 4.82. The maximum atomic E-state index is 12.9. The van der Waals surface area contributed by atoms with E-state index in [9.17, 15) is 9.18 Å². The Bertz CT molecular complexity index is 301. The summed E-state index contributed by atoms with van der Waals surface area (Å²) in [6, 6.07) is 5.65. The molecule has 0 aliphatic heterocycles. The van der Waals surface area contributed by atoms with Crippen molar-refractivity contribution in [3.63, 3.8) is 0 Å². The zero-order valence-corrected chi connectivity index (χ0v) is 7.55. The van der Waals surface area contributed by atoms with Crippen molar-refractivity contribution in [2.45, 2.75) is 0 Å². The molecular formula is C9H8ClFO2. The van der Waals surface area contributed by atoms with Crippen LogP contribution in [0.2, 0.25) is 0 Å². The van der Waals surface area contributed by atoms with E-state index < -0.39 is 11.8 Å². The molecule has 2 nitrogen and oxygen atoms in total. The topological polar surface area (TPSA) is 26.3 Å². The number of carbonyl (C=O) groups excluding carboxylic acids is 1. The van der Waals surface area contributed by atoms with Crippen LogP contribution >= 0.6 is 11.6 Å². The molecule has 0 aromatic heterocycles. The monoisotopic (exact) mass is 202 g/mol. The van der Waals surface area contributed by atoms with Crippen molar-refractivity contribution in [2.75, 3.05) is 12.5 Å². The first-order valence-corrected chi connectivity index (χ1v) is 4.27. The Balaban J connectivity index is 2.71. The molecule has 0 fully saturated rings. The smallest absolute Gasteiger partial charge is 0.341 e. The quantitative estimate of drug-likeness (QED) is 0.555. The molecule has 4 heteroatoms. The first-order valence-electron chi connectivity index (χ1n) is 3.73. The van der Waals surface area contributed by atoms with E-state index in [2.05, 4.69) is 4.74 Å². The fourth-order valence-electron chi connectivity index (χ4n) is 0.836. The van der Waals surface area contributed by atoms with Gasteiger partial charge in [-0.15, -0.1) is 11.6 Å². The van der Waals surface area contributed by atoms with Crippen molar-refractivity contribution in [1.29, 1.82) is 0 Å². The predicted octanol–water partition coefficient (Wildman–Crippen LogP) is 2.22. The summed E-state index contributed by atoms with van der Waals surface area (Å²) in [5, 5.41) is 0. The van der Waals surface area contributed by atoms with Crippen molar-refractivity contribution >= 4 is 17.6 Å². The van der Waals surface area contributed by atoms with Crippen molar-refractivity contribution in [2.24, 2.45) is 0 Å². The third kappa shape index (κ3) is 2.70. The fraction of sp³-hybridized carbons (Fsp3) is 0.222. The average Bonchev–Trinajstić information content (AvgIpc) is 2.15. The number of esters is 1. The number of carbonyl (C=O) groups is 1. The molecule has 70 valence electrons. The molecule has 0 saturated carbocycles. The Morgan fingerprint density at radius 3 is 2.77 bits per heavy atom. The zero-order valence-electron chi connectivity index (χ0n) is 6.80. The summed E-state index contributed by atoms with van der Waals surface area (Å²) >= 11 is 5.30. The minimum absolute atomic E-state index is 0.0624. The zero-order chi connectivity index (χ0) is 9.68. The molecule has 0 heterocycles. The maximum absolute atomic E-state index is 12.9. The molecule has 1 aromatic rings. The molecule has 0 aliphatic rings. The van der Waals surface area contributed by atoms with E-state index >= 15 is 0 Å². The molecule has 0 aliphatic carbocycles. The first-order chi connectivity index (χ1) is 6.25. The average molecular weight is 203 g/mol. The molecule has 0 N–H and O–H groups in total. The molecule has 0 unspecified atom stereocenters. The van der Waals surface area contributed by atoms with Crippen LogP contribution in [-0.4, -0.2) is 18.5 Å². The maximum Gasteiger partial charge on any atom is 0.341 e. The first kappa shape index (κ1) is 9.99. The van der Waals surface area contributed by atoms with Crippen LogP contribution in [0.5, 0.6) is 0 Å². The van der Waals surface area contributed by atoms with Crippen molar-refractivity contribution in [1.82, 2.24) is 0 Å². The van der Waals surface area contributed by atoms with E-state index in [0.717, 1.165) is 0 Å². The molecule has 0 bridgehead atoms. The molecule has 0 saturated heterocycles. The van der Waals surface area contributed by atoms with Gasteiger partial charge in [0.15, 0.2) is 0 Å². The van der Waals surface area contributed by atoms with Crippen LogP contribution in [0.4, 0.5) is 4.39 Å². The molecule has 0 amide bonds.